The molecule has 0 saturated heterocycles. The summed E-state index contributed by atoms with van der Waals surface area (Å²) in [5.74, 6) is 0.0255. The van der Waals surface area contributed by atoms with Gasteiger partial charge in [-0.1, -0.05) is 11.6 Å². The van der Waals surface area contributed by atoms with Crippen molar-refractivity contribution in [3.63, 3.8) is 0 Å². The van der Waals surface area contributed by atoms with E-state index < -0.39 is 0 Å². The Bertz CT molecular complexity index is 328. The lowest BCUT2D eigenvalue weighted by molar-refractivity contribution is 1.18. The highest BCUT2D eigenvalue weighted by atomic mass is 35.5. The predicted molar refractivity (Wildman–Crippen MR) is 40.6 cm³/mol. The Hall–Kier alpha value is -1.54. The Kier molecular flexibility index (Phi) is 1.79. The normalized spacial score (nSPS) is 9.09. The first-order valence-corrected chi connectivity index (χ1v) is 3.01. The van der Waals surface area contributed by atoms with Crippen LogP contribution in [0.25, 0.3) is 0 Å². The van der Waals surface area contributed by atoms with Crippen LogP contribution in [0.4, 0.5) is 11.6 Å². The fourth-order valence-corrected chi connectivity index (χ4v) is 0.651. The fraction of sp³-hybridized carbons (Fsp3) is 0. The van der Waals surface area contributed by atoms with Crippen molar-refractivity contribution in [1.29, 1.82) is 5.26 Å². The molecule has 5 nitrogen and oxygen atoms in total. The molecule has 6 heteroatoms. The summed E-state index contributed by atoms with van der Waals surface area (Å²) in [7, 11) is 0. The number of hydrogen-bond donors (Lipinski definition) is 2. The van der Waals surface area contributed by atoms with E-state index in [0.29, 0.717) is 0 Å². The molecule has 11 heavy (non-hydrogen) atoms. The summed E-state index contributed by atoms with van der Waals surface area (Å²) in [4.78, 5) is 7.17. The smallest absolute Gasteiger partial charge is 0.184 e. The summed E-state index contributed by atoms with van der Waals surface area (Å²) in [6, 6.07) is 1.72. The average Bonchev–Trinajstić information content (AvgIpc) is 1.97. The lowest BCUT2D eigenvalue weighted by Crippen LogP contribution is -2.02. The molecule has 0 aliphatic heterocycles. The molecule has 1 rings (SSSR count). The Labute approximate surface area is 67.6 Å². The monoisotopic (exact) mass is 169 g/mol. The van der Waals surface area contributed by atoms with Gasteiger partial charge < -0.3 is 11.5 Å². The van der Waals surface area contributed by atoms with Gasteiger partial charge in [0.2, 0.25) is 0 Å². The molecule has 1 aromatic rings. The first-order valence-electron chi connectivity index (χ1n) is 2.63. The van der Waals surface area contributed by atoms with E-state index in [1.807, 2.05) is 0 Å². The van der Waals surface area contributed by atoms with Crippen LogP contribution in [-0.2, 0) is 0 Å². The van der Waals surface area contributed by atoms with Gasteiger partial charge in [0.1, 0.15) is 6.07 Å². The molecule has 0 aromatic carbocycles. The van der Waals surface area contributed by atoms with Crippen molar-refractivity contribution in [2.45, 2.75) is 0 Å². The van der Waals surface area contributed by atoms with Crippen molar-refractivity contribution in [1.82, 2.24) is 9.97 Å². The van der Waals surface area contributed by atoms with Crippen molar-refractivity contribution in [2.75, 3.05) is 11.5 Å². The summed E-state index contributed by atoms with van der Waals surface area (Å²) in [6.07, 6.45) is 0. The van der Waals surface area contributed by atoms with Crippen molar-refractivity contribution < 1.29 is 0 Å². The summed E-state index contributed by atoms with van der Waals surface area (Å²) < 4.78 is 0. The molecule has 0 saturated carbocycles. The third-order valence-corrected chi connectivity index (χ3v) is 1.29. The zero-order valence-corrected chi connectivity index (χ0v) is 6.13. The van der Waals surface area contributed by atoms with Crippen LogP contribution >= 0.6 is 11.6 Å². The molecule has 0 atom stereocenters. The maximum Gasteiger partial charge on any atom is 0.184 e. The molecule has 0 amide bonds. The number of nitrogen functional groups attached to an aromatic ring is 2. The molecule has 1 heterocycles. The van der Waals surface area contributed by atoms with Gasteiger partial charge in [-0.15, -0.1) is 0 Å². The molecule has 0 radical (unpaired) electrons. The molecule has 0 bridgehead atoms. The Balaban J connectivity index is 3.35. The molecule has 4 N–H and O–H groups in total. The Morgan fingerprint density at radius 3 is 2.45 bits per heavy atom. The number of nitriles is 1. The summed E-state index contributed by atoms with van der Waals surface area (Å²) in [5.41, 5.74) is 10.5. The number of nitrogens with zero attached hydrogens (tertiary/aromatic N) is 3. The number of hydrogen-bond acceptors (Lipinski definition) is 5. The SMILES string of the molecule is N#Cc1nc(Cl)c(N)nc1N. The minimum absolute atomic E-state index is 0.00394. The zero-order valence-electron chi connectivity index (χ0n) is 5.37. The first kappa shape index (κ1) is 7.57. The predicted octanol–water partition coefficient (Wildman–Crippen LogP) is 0.166. The van der Waals surface area contributed by atoms with Gasteiger partial charge in [-0.25, -0.2) is 9.97 Å². The fourth-order valence-electron chi connectivity index (χ4n) is 0.524. The van der Waals surface area contributed by atoms with E-state index in [1.165, 1.54) is 0 Å². The van der Waals surface area contributed by atoms with Crippen LogP contribution in [0.2, 0.25) is 5.15 Å². The zero-order chi connectivity index (χ0) is 8.43. The van der Waals surface area contributed by atoms with Crippen LogP contribution in [-0.4, -0.2) is 9.97 Å². The van der Waals surface area contributed by atoms with Crippen LogP contribution in [0.15, 0.2) is 0 Å². The van der Waals surface area contributed by atoms with E-state index in [2.05, 4.69) is 9.97 Å². The van der Waals surface area contributed by atoms with Gasteiger partial charge in [-0.2, -0.15) is 5.26 Å². The number of halogens is 1. The minimum Gasteiger partial charge on any atom is -0.381 e. The van der Waals surface area contributed by atoms with Crippen LogP contribution < -0.4 is 11.5 Å². The van der Waals surface area contributed by atoms with Crippen LogP contribution in [0, 0.1) is 11.3 Å². The lowest BCUT2D eigenvalue weighted by Gasteiger charge is -1.98. The first-order chi connectivity index (χ1) is 5.15. The Morgan fingerprint density at radius 1 is 1.27 bits per heavy atom. The quantitative estimate of drug-likeness (QED) is 0.576. The van der Waals surface area contributed by atoms with Crippen LogP contribution in [0.5, 0.6) is 0 Å². The number of nitrogens with two attached hydrogens (primary N) is 2. The van der Waals surface area contributed by atoms with Crippen LogP contribution in [0.1, 0.15) is 5.69 Å². The topological polar surface area (TPSA) is 102 Å². The number of anilines is 2. The minimum atomic E-state index is -0.01000. The molecule has 0 aliphatic rings. The van der Waals surface area contributed by atoms with Crippen LogP contribution in [0.3, 0.4) is 0 Å². The van der Waals surface area contributed by atoms with Gasteiger partial charge in [0.15, 0.2) is 22.5 Å². The van der Waals surface area contributed by atoms with E-state index in [1.54, 1.807) is 6.07 Å². The lowest BCUT2D eigenvalue weighted by atomic mass is 10.4. The van der Waals surface area contributed by atoms with Gasteiger partial charge in [0.25, 0.3) is 0 Å². The molecule has 0 aliphatic carbocycles. The molecular formula is C5H4ClN5. The molecule has 1 aromatic heterocycles. The molecule has 0 unspecified atom stereocenters. The van der Waals surface area contributed by atoms with Gasteiger partial charge in [0.05, 0.1) is 0 Å². The van der Waals surface area contributed by atoms with Gasteiger partial charge in [-0.05, 0) is 0 Å². The highest BCUT2D eigenvalue weighted by Gasteiger charge is 2.05. The second-order valence-corrected chi connectivity index (χ2v) is 2.10. The van der Waals surface area contributed by atoms with Crippen molar-refractivity contribution in [3.05, 3.63) is 10.8 Å². The maximum atomic E-state index is 8.40. The van der Waals surface area contributed by atoms with Gasteiger partial charge in [0, 0.05) is 0 Å². The third kappa shape index (κ3) is 1.30. The van der Waals surface area contributed by atoms with Crippen molar-refractivity contribution in [2.24, 2.45) is 0 Å². The largest absolute Gasteiger partial charge is 0.381 e. The molecular weight excluding hydrogens is 166 g/mol. The van der Waals surface area contributed by atoms with Crippen molar-refractivity contribution in [3.8, 4) is 6.07 Å². The maximum absolute atomic E-state index is 8.40. The van der Waals surface area contributed by atoms with E-state index in [-0.39, 0.29) is 22.5 Å². The van der Waals surface area contributed by atoms with E-state index in [0.717, 1.165) is 0 Å². The summed E-state index contributed by atoms with van der Waals surface area (Å²) in [6.45, 7) is 0. The van der Waals surface area contributed by atoms with Gasteiger partial charge in [-0.3, -0.25) is 0 Å². The molecule has 0 fully saturated rings. The van der Waals surface area contributed by atoms with E-state index in [4.69, 9.17) is 28.3 Å². The standard InChI is InChI=1S/C5H4ClN5/c6-3-5(9)11-4(8)2(1-7)10-3/h(H4,8,9,11). The van der Waals surface area contributed by atoms with E-state index in [9.17, 15) is 0 Å². The Morgan fingerprint density at radius 2 is 1.91 bits per heavy atom. The van der Waals surface area contributed by atoms with Crippen molar-refractivity contribution >= 4 is 23.2 Å². The second kappa shape index (κ2) is 2.60. The third-order valence-electron chi connectivity index (χ3n) is 1.01. The highest BCUT2D eigenvalue weighted by Crippen LogP contribution is 2.15. The second-order valence-electron chi connectivity index (χ2n) is 1.75. The molecule has 56 valence electrons. The average molecular weight is 170 g/mol. The number of aromatic nitrogens is 2. The highest BCUT2D eigenvalue weighted by molar-refractivity contribution is 6.31. The van der Waals surface area contributed by atoms with Gasteiger partial charge >= 0.3 is 0 Å². The number of rotatable bonds is 0. The van der Waals surface area contributed by atoms with E-state index >= 15 is 0 Å². The summed E-state index contributed by atoms with van der Waals surface area (Å²) in [5, 5.41) is 8.40. The summed E-state index contributed by atoms with van der Waals surface area (Å²) >= 11 is 5.46. The molecule has 0 spiro atoms.